The largest absolute Gasteiger partial charge is 0.464 e. The molecule has 1 aromatic rings. The highest BCUT2D eigenvalue weighted by Gasteiger charge is 2.11. The number of ether oxygens (including phenoxy) is 2. The van der Waals surface area contributed by atoms with E-state index in [0.717, 1.165) is 0 Å². The van der Waals surface area contributed by atoms with E-state index in [9.17, 15) is 14.4 Å². The van der Waals surface area contributed by atoms with Gasteiger partial charge in [0, 0.05) is 13.8 Å². The van der Waals surface area contributed by atoms with Gasteiger partial charge in [0.1, 0.15) is 11.4 Å². The molecular weight excluding hydrogens is 262 g/mol. The highest BCUT2D eigenvalue weighted by molar-refractivity contribution is 5.97. The summed E-state index contributed by atoms with van der Waals surface area (Å²) in [6, 6.07) is 6.44. The lowest BCUT2D eigenvalue weighted by Crippen LogP contribution is -2.25. The van der Waals surface area contributed by atoms with E-state index in [0.29, 0.717) is 11.3 Å². The molecule has 0 fully saturated rings. The number of esters is 2. The van der Waals surface area contributed by atoms with Crippen molar-refractivity contribution in [2.45, 2.75) is 13.8 Å². The van der Waals surface area contributed by atoms with Crippen LogP contribution in [0.15, 0.2) is 30.0 Å². The molecular formula is C14H15NO5. The minimum absolute atomic E-state index is 0.0280. The second kappa shape index (κ2) is 7.08. The van der Waals surface area contributed by atoms with E-state index < -0.39 is 11.9 Å². The van der Waals surface area contributed by atoms with Gasteiger partial charge in [-0.05, 0) is 23.8 Å². The van der Waals surface area contributed by atoms with Crippen molar-refractivity contribution in [3.05, 3.63) is 35.5 Å². The molecule has 0 aliphatic heterocycles. The molecule has 0 unspecified atom stereocenters. The molecule has 0 saturated heterocycles. The lowest BCUT2D eigenvalue weighted by atomic mass is 10.2. The second-order valence-electron chi connectivity index (χ2n) is 3.89. The van der Waals surface area contributed by atoms with E-state index in [2.05, 4.69) is 10.1 Å². The van der Waals surface area contributed by atoms with E-state index >= 15 is 0 Å². The molecule has 1 N–H and O–H groups in total. The summed E-state index contributed by atoms with van der Waals surface area (Å²) in [7, 11) is 1.22. The van der Waals surface area contributed by atoms with E-state index in [-0.39, 0.29) is 11.6 Å². The number of hydrogen-bond donors (Lipinski definition) is 1. The summed E-state index contributed by atoms with van der Waals surface area (Å²) >= 11 is 0. The fourth-order valence-corrected chi connectivity index (χ4v) is 1.41. The lowest BCUT2D eigenvalue weighted by molar-refractivity contribution is -0.137. The first kappa shape index (κ1) is 15.4. The smallest absolute Gasteiger partial charge is 0.354 e. The number of carbonyl (C=O) groups is 3. The first-order chi connectivity index (χ1) is 9.42. The van der Waals surface area contributed by atoms with Gasteiger partial charge in [0.15, 0.2) is 0 Å². The Bertz CT molecular complexity index is 545. The van der Waals surface area contributed by atoms with Crippen LogP contribution >= 0.6 is 0 Å². The molecule has 20 heavy (non-hydrogen) atoms. The average Bonchev–Trinajstić information content (AvgIpc) is 2.38. The highest BCUT2D eigenvalue weighted by Crippen LogP contribution is 2.14. The van der Waals surface area contributed by atoms with Gasteiger partial charge < -0.3 is 14.8 Å². The summed E-state index contributed by atoms with van der Waals surface area (Å²) in [6.07, 6.45) is 1.46. The predicted molar refractivity (Wildman–Crippen MR) is 71.6 cm³/mol. The molecule has 0 bridgehead atoms. The minimum Gasteiger partial charge on any atom is -0.464 e. The third-order valence-electron chi connectivity index (χ3n) is 2.17. The third-order valence-corrected chi connectivity index (χ3v) is 2.17. The Balaban J connectivity index is 2.95. The summed E-state index contributed by atoms with van der Waals surface area (Å²) in [6.45, 7) is 2.60. The number of nitrogens with one attached hydrogen (secondary N) is 1. The van der Waals surface area contributed by atoms with Crippen LogP contribution in [0.25, 0.3) is 6.08 Å². The van der Waals surface area contributed by atoms with Crippen molar-refractivity contribution in [3.8, 4) is 5.75 Å². The molecule has 0 saturated carbocycles. The predicted octanol–water partition coefficient (Wildman–Crippen LogP) is 1.26. The zero-order valence-electron chi connectivity index (χ0n) is 11.4. The van der Waals surface area contributed by atoms with Crippen molar-refractivity contribution >= 4 is 23.9 Å². The molecule has 1 aromatic carbocycles. The van der Waals surface area contributed by atoms with Crippen LogP contribution in [0.2, 0.25) is 0 Å². The summed E-state index contributed by atoms with van der Waals surface area (Å²) in [5.74, 6) is -1.04. The highest BCUT2D eigenvalue weighted by atomic mass is 16.5. The summed E-state index contributed by atoms with van der Waals surface area (Å²) < 4.78 is 9.46. The Morgan fingerprint density at radius 2 is 1.70 bits per heavy atom. The van der Waals surface area contributed by atoms with Crippen LogP contribution in [0, 0.1) is 0 Å². The molecule has 1 amide bonds. The molecule has 0 heterocycles. The van der Waals surface area contributed by atoms with Gasteiger partial charge in [0.05, 0.1) is 7.11 Å². The quantitative estimate of drug-likeness (QED) is 0.509. The maximum Gasteiger partial charge on any atom is 0.354 e. The molecule has 6 heteroatoms. The number of rotatable bonds is 4. The number of amides is 1. The van der Waals surface area contributed by atoms with Crippen molar-refractivity contribution in [1.82, 2.24) is 5.32 Å². The molecule has 0 atom stereocenters. The van der Waals surface area contributed by atoms with Crippen molar-refractivity contribution in [2.75, 3.05) is 7.11 Å². The minimum atomic E-state index is -0.649. The van der Waals surface area contributed by atoms with E-state index in [1.54, 1.807) is 24.3 Å². The van der Waals surface area contributed by atoms with E-state index in [1.165, 1.54) is 27.0 Å². The van der Waals surface area contributed by atoms with Gasteiger partial charge >= 0.3 is 11.9 Å². The number of methoxy groups -OCH3 is 1. The monoisotopic (exact) mass is 277 g/mol. The SMILES string of the molecule is COC(=O)/C(=C/c1ccc(OC(C)=O)cc1)NC(C)=O. The van der Waals surface area contributed by atoms with Gasteiger partial charge in [-0.2, -0.15) is 0 Å². The first-order valence-electron chi connectivity index (χ1n) is 5.78. The Labute approximate surface area is 116 Å². The van der Waals surface area contributed by atoms with Gasteiger partial charge in [0.25, 0.3) is 0 Å². The Hall–Kier alpha value is -2.63. The zero-order valence-corrected chi connectivity index (χ0v) is 11.4. The number of carbonyl (C=O) groups excluding carboxylic acids is 3. The second-order valence-corrected chi connectivity index (χ2v) is 3.89. The van der Waals surface area contributed by atoms with Crippen molar-refractivity contribution < 1.29 is 23.9 Å². The Morgan fingerprint density at radius 3 is 2.15 bits per heavy atom. The average molecular weight is 277 g/mol. The topological polar surface area (TPSA) is 81.7 Å². The fraction of sp³-hybridized carbons (Fsp3) is 0.214. The van der Waals surface area contributed by atoms with Crippen LogP contribution in [0.1, 0.15) is 19.4 Å². The van der Waals surface area contributed by atoms with E-state index in [4.69, 9.17) is 4.74 Å². The van der Waals surface area contributed by atoms with Gasteiger partial charge in [-0.1, -0.05) is 12.1 Å². The molecule has 0 aliphatic carbocycles. The molecule has 6 nitrogen and oxygen atoms in total. The molecule has 0 spiro atoms. The number of benzene rings is 1. The summed E-state index contributed by atoms with van der Waals surface area (Å²) in [5.41, 5.74) is 0.676. The maximum atomic E-state index is 11.5. The van der Waals surface area contributed by atoms with Gasteiger partial charge in [0.2, 0.25) is 5.91 Å². The van der Waals surface area contributed by atoms with Crippen LogP contribution in [0.3, 0.4) is 0 Å². The van der Waals surface area contributed by atoms with Crippen LogP contribution in [-0.2, 0) is 19.1 Å². The van der Waals surface area contributed by atoms with Crippen LogP contribution in [0.5, 0.6) is 5.75 Å². The molecule has 1 rings (SSSR count). The fourth-order valence-electron chi connectivity index (χ4n) is 1.41. The summed E-state index contributed by atoms with van der Waals surface area (Å²) in [5, 5.41) is 2.39. The van der Waals surface area contributed by atoms with Crippen molar-refractivity contribution in [2.24, 2.45) is 0 Å². The van der Waals surface area contributed by atoms with Crippen molar-refractivity contribution in [3.63, 3.8) is 0 Å². The van der Waals surface area contributed by atoms with Crippen molar-refractivity contribution in [1.29, 1.82) is 0 Å². The van der Waals surface area contributed by atoms with E-state index in [1.807, 2.05) is 0 Å². The standard InChI is InChI=1S/C14H15NO5/c1-9(16)15-13(14(18)19-3)8-11-4-6-12(7-5-11)20-10(2)17/h4-8H,1-3H3,(H,15,16)/b13-8-. The Kier molecular flexibility index (Phi) is 5.46. The Morgan fingerprint density at radius 1 is 1.10 bits per heavy atom. The third kappa shape index (κ3) is 4.93. The first-order valence-corrected chi connectivity index (χ1v) is 5.78. The maximum absolute atomic E-state index is 11.5. The normalized spacial score (nSPS) is 10.7. The molecule has 0 radical (unpaired) electrons. The van der Waals surface area contributed by atoms with Gasteiger partial charge in [-0.3, -0.25) is 9.59 Å². The molecule has 0 aliphatic rings. The van der Waals surface area contributed by atoms with Crippen LogP contribution < -0.4 is 10.1 Å². The molecule has 106 valence electrons. The zero-order chi connectivity index (χ0) is 15.1. The van der Waals surface area contributed by atoms with Gasteiger partial charge in [-0.15, -0.1) is 0 Å². The lowest BCUT2D eigenvalue weighted by Gasteiger charge is -2.06. The summed E-state index contributed by atoms with van der Waals surface area (Å²) in [4.78, 5) is 33.3. The van der Waals surface area contributed by atoms with Gasteiger partial charge in [-0.25, -0.2) is 4.79 Å². The van der Waals surface area contributed by atoms with Crippen LogP contribution in [-0.4, -0.2) is 25.0 Å². The number of hydrogen-bond acceptors (Lipinski definition) is 5. The molecule has 0 aromatic heterocycles. The van der Waals surface area contributed by atoms with Crippen LogP contribution in [0.4, 0.5) is 0 Å².